The van der Waals surface area contributed by atoms with Crippen LogP contribution in [0.1, 0.15) is 95.6 Å². The van der Waals surface area contributed by atoms with E-state index in [1.807, 2.05) is 58.6 Å². The van der Waals surface area contributed by atoms with Crippen molar-refractivity contribution in [2.75, 3.05) is 25.5 Å². The number of carbonyl (C=O) groups excluding carboxylic acids is 3. The van der Waals surface area contributed by atoms with Gasteiger partial charge in [-0.3, -0.25) is 0 Å². The van der Waals surface area contributed by atoms with E-state index in [4.69, 9.17) is 14.2 Å². The van der Waals surface area contributed by atoms with Crippen LogP contribution in [-0.4, -0.2) is 60.5 Å². The maximum atomic E-state index is 13.3. The summed E-state index contributed by atoms with van der Waals surface area (Å²) in [7, 11) is 1.37. The number of benzene rings is 1. The molecular formula is C28H43N3O6. The van der Waals surface area contributed by atoms with Crippen molar-refractivity contribution in [2.24, 2.45) is 5.92 Å². The van der Waals surface area contributed by atoms with E-state index in [9.17, 15) is 14.4 Å². The van der Waals surface area contributed by atoms with Crippen molar-refractivity contribution in [2.45, 2.75) is 96.9 Å². The van der Waals surface area contributed by atoms with Crippen LogP contribution in [0.4, 0.5) is 15.3 Å². The maximum absolute atomic E-state index is 13.3. The number of esters is 1. The van der Waals surface area contributed by atoms with Crippen molar-refractivity contribution in [3.05, 3.63) is 29.3 Å². The number of hydrogen-bond donors (Lipinski definition) is 2. The highest BCUT2D eigenvalue weighted by molar-refractivity contribution is 5.90. The van der Waals surface area contributed by atoms with E-state index < -0.39 is 23.3 Å². The number of amides is 2. The van der Waals surface area contributed by atoms with Gasteiger partial charge in [-0.15, -0.1) is 0 Å². The van der Waals surface area contributed by atoms with Crippen molar-refractivity contribution in [1.82, 2.24) is 10.2 Å². The summed E-state index contributed by atoms with van der Waals surface area (Å²) in [4.78, 5) is 39.3. The second-order valence-electron chi connectivity index (χ2n) is 11.9. The minimum absolute atomic E-state index is 0.147. The van der Waals surface area contributed by atoms with E-state index in [0.29, 0.717) is 18.7 Å². The Morgan fingerprint density at radius 2 is 1.76 bits per heavy atom. The van der Waals surface area contributed by atoms with E-state index in [-0.39, 0.29) is 24.1 Å². The van der Waals surface area contributed by atoms with Gasteiger partial charge in [0.05, 0.1) is 18.7 Å². The Bertz CT molecular complexity index is 981. The average molecular weight is 518 g/mol. The number of rotatable bonds is 6. The summed E-state index contributed by atoms with van der Waals surface area (Å²) in [6, 6.07) is 5.44. The summed E-state index contributed by atoms with van der Waals surface area (Å²) in [6.45, 7) is 12.3. The molecule has 0 unspecified atom stereocenters. The van der Waals surface area contributed by atoms with Gasteiger partial charge in [-0.2, -0.15) is 0 Å². The first kappa shape index (κ1) is 28.6. The molecule has 3 rings (SSSR count). The molecule has 3 atom stereocenters. The number of nitrogens with one attached hydrogen (secondary N) is 2. The molecule has 1 aromatic carbocycles. The van der Waals surface area contributed by atoms with Gasteiger partial charge < -0.3 is 29.7 Å². The zero-order chi connectivity index (χ0) is 27.4. The Kier molecular flexibility index (Phi) is 8.97. The number of ether oxygens (including phenoxy) is 3. The molecule has 0 aliphatic carbocycles. The molecule has 2 amide bonds. The van der Waals surface area contributed by atoms with Gasteiger partial charge in [-0.05, 0) is 97.4 Å². The SMILES string of the molecule is COC(=O)c1ccc2c(c1)[C@@H]1[C@@H](CCCN1C(=O)OC(C)(C)C)[C@H](CCCCNC(=O)OC(C)(C)C)N2. The standard InChI is InChI=1S/C28H43N3O6/c1-27(2,3)36-25(33)29-15-9-8-12-21-19-11-10-16-31(26(34)37-28(4,5)6)23(19)20-17-18(24(32)35-7)13-14-22(20)30-21/h13-14,17,19,21,23,30H,8-12,15-16H2,1-7H3,(H,29,33)/t19-,21-,23-/m0/s1. The third-order valence-electron chi connectivity index (χ3n) is 6.56. The molecule has 0 saturated carbocycles. The number of piperidine rings is 1. The molecule has 206 valence electrons. The Morgan fingerprint density at radius 3 is 2.41 bits per heavy atom. The predicted octanol–water partition coefficient (Wildman–Crippen LogP) is 5.65. The summed E-state index contributed by atoms with van der Waals surface area (Å²) >= 11 is 0. The molecule has 37 heavy (non-hydrogen) atoms. The summed E-state index contributed by atoms with van der Waals surface area (Å²) in [6.07, 6.45) is 3.71. The lowest BCUT2D eigenvalue weighted by molar-refractivity contribution is -0.00404. The highest BCUT2D eigenvalue weighted by Gasteiger charge is 2.44. The van der Waals surface area contributed by atoms with E-state index in [0.717, 1.165) is 43.4 Å². The smallest absolute Gasteiger partial charge is 0.410 e. The minimum atomic E-state index is -0.603. The van der Waals surface area contributed by atoms with Crippen LogP contribution in [0.5, 0.6) is 0 Å². The fourth-order valence-corrected chi connectivity index (χ4v) is 5.14. The molecule has 2 heterocycles. The highest BCUT2D eigenvalue weighted by atomic mass is 16.6. The lowest BCUT2D eigenvalue weighted by Gasteiger charge is -2.49. The zero-order valence-corrected chi connectivity index (χ0v) is 23.3. The summed E-state index contributed by atoms with van der Waals surface area (Å²) in [5.74, 6) is -0.237. The number of hydrogen-bond acceptors (Lipinski definition) is 7. The largest absolute Gasteiger partial charge is 0.465 e. The van der Waals surface area contributed by atoms with Crippen molar-refractivity contribution < 1.29 is 28.6 Å². The van der Waals surface area contributed by atoms with Crippen LogP contribution in [-0.2, 0) is 14.2 Å². The number of methoxy groups -OCH3 is 1. The lowest BCUT2D eigenvalue weighted by atomic mass is 9.75. The summed E-state index contributed by atoms with van der Waals surface area (Å²) < 4.78 is 16.0. The van der Waals surface area contributed by atoms with Crippen LogP contribution in [0.15, 0.2) is 18.2 Å². The normalized spacial score (nSPS) is 21.2. The minimum Gasteiger partial charge on any atom is -0.465 e. The Balaban J connectivity index is 1.76. The van der Waals surface area contributed by atoms with Crippen molar-refractivity contribution in [3.63, 3.8) is 0 Å². The third kappa shape index (κ3) is 7.76. The molecule has 0 bridgehead atoms. The van der Waals surface area contributed by atoms with Gasteiger partial charge in [0.2, 0.25) is 0 Å². The molecule has 0 radical (unpaired) electrons. The van der Waals surface area contributed by atoms with Gasteiger partial charge in [-0.25, -0.2) is 14.4 Å². The van der Waals surface area contributed by atoms with Gasteiger partial charge in [0.15, 0.2) is 0 Å². The van der Waals surface area contributed by atoms with E-state index in [1.54, 1.807) is 6.07 Å². The molecule has 1 fully saturated rings. The fraction of sp³-hybridized carbons (Fsp3) is 0.679. The number of fused-ring (bicyclic) bond motifs is 3. The van der Waals surface area contributed by atoms with Gasteiger partial charge in [0.25, 0.3) is 0 Å². The Hall–Kier alpha value is -2.97. The molecule has 1 aromatic rings. The first-order valence-electron chi connectivity index (χ1n) is 13.2. The number of carbonyl (C=O) groups is 3. The second-order valence-corrected chi connectivity index (χ2v) is 11.9. The molecule has 0 spiro atoms. The average Bonchev–Trinajstić information content (AvgIpc) is 2.80. The maximum Gasteiger partial charge on any atom is 0.410 e. The van der Waals surface area contributed by atoms with Crippen molar-refractivity contribution in [1.29, 1.82) is 0 Å². The van der Waals surface area contributed by atoms with Crippen molar-refractivity contribution in [3.8, 4) is 0 Å². The first-order valence-corrected chi connectivity index (χ1v) is 13.2. The zero-order valence-electron chi connectivity index (χ0n) is 23.3. The number of alkyl carbamates (subject to hydrolysis) is 1. The van der Waals surface area contributed by atoms with Gasteiger partial charge in [0, 0.05) is 30.7 Å². The number of likely N-dealkylation sites (tertiary alicyclic amines) is 1. The molecule has 0 aromatic heterocycles. The molecule has 9 heteroatoms. The molecule has 2 aliphatic heterocycles. The Morgan fingerprint density at radius 1 is 1.05 bits per heavy atom. The molecule has 9 nitrogen and oxygen atoms in total. The molecule has 2 N–H and O–H groups in total. The topological polar surface area (TPSA) is 106 Å². The van der Waals surface area contributed by atoms with Crippen LogP contribution in [0, 0.1) is 5.92 Å². The first-order chi connectivity index (χ1) is 17.3. The van der Waals surface area contributed by atoms with E-state index in [1.165, 1.54) is 7.11 Å². The van der Waals surface area contributed by atoms with Crippen molar-refractivity contribution >= 4 is 23.8 Å². The molecular weight excluding hydrogens is 474 g/mol. The number of unbranched alkanes of at least 4 members (excludes halogenated alkanes) is 1. The van der Waals surface area contributed by atoms with Gasteiger partial charge in [0.1, 0.15) is 11.2 Å². The summed E-state index contributed by atoms with van der Waals surface area (Å²) in [5, 5.41) is 6.50. The second kappa shape index (κ2) is 11.6. The third-order valence-corrected chi connectivity index (χ3v) is 6.56. The number of anilines is 1. The fourth-order valence-electron chi connectivity index (χ4n) is 5.14. The Labute approximate surface area is 220 Å². The van der Waals surface area contributed by atoms with Crippen LogP contribution >= 0.6 is 0 Å². The van der Waals surface area contributed by atoms with Crippen LogP contribution in [0.3, 0.4) is 0 Å². The van der Waals surface area contributed by atoms with E-state index >= 15 is 0 Å². The quantitative estimate of drug-likeness (QED) is 0.285. The van der Waals surface area contributed by atoms with Gasteiger partial charge >= 0.3 is 18.2 Å². The van der Waals surface area contributed by atoms with Crippen LogP contribution in [0.25, 0.3) is 0 Å². The molecule has 2 aliphatic rings. The van der Waals surface area contributed by atoms with Crippen LogP contribution < -0.4 is 10.6 Å². The monoisotopic (exact) mass is 517 g/mol. The highest BCUT2D eigenvalue weighted by Crippen LogP contribution is 2.47. The predicted molar refractivity (Wildman–Crippen MR) is 142 cm³/mol. The lowest BCUT2D eigenvalue weighted by Crippen LogP contribution is -2.51. The van der Waals surface area contributed by atoms with Gasteiger partial charge in [-0.1, -0.05) is 0 Å². The molecule has 1 saturated heterocycles. The summed E-state index contributed by atoms with van der Waals surface area (Å²) in [5.41, 5.74) is 1.17. The number of nitrogens with zero attached hydrogens (tertiary/aromatic N) is 1. The van der Waals surface area contributed by atoms with E-state index in [2.05, 4.69) is 10.6 Å². The van der Waals surface area contributed by atoms with Crippen LogP contribution in [0.2, 0.25) is 0 Å².